The average molecular weight is 380 g/mol. The summed E-state index contributed by atoms with van der Waals surface area (Å²) in [5.74, 6) is 2.31. The van der Waals surface area contributed by atoms with Crippen LogP contribution < -0.4 is 0 Å². The molecule has 2 unspecified atom stereocenters. The van der Waals surface area contributed by atoms with E-state index in [1.807, 2.05) is 28.9 Å². The summed E-state index contributed by atoms with van der Waals surface area (Å²) >= 11 is 0. The predicted molar refractivity (Wildman–Crippen MR) is 118 cm³/mol. The summed E-state index contributed by atoms with van der Waals surface area (Å²) in [6.07, 6.45) is 9.88. The quantitative estimate of drug-likeness (QED) is 0.611. The number of benzene rings is 2. The van der Waals surface area contributed by atoms with Gasteiger partial charge in [0, 0.05) is 24.1 Å². The van der Waals surface area contributed by atoms with E-state index in [0.29, 0.717) is 5.92 Å². The van der Waals surface area contributed by atoms with Gasteiger partial charge in [-0.2, -0.15) is 5.10 Å². The first kappa shape index (κ1) is 17.7. The summed E-state index contributed by atoms with van der Waals surface area (Å²) in [6.45, 7) is 2.10. The first-order valence-electron chi connectivity index (χ1n) is 10.1. The summed E-state index contributed by atoms with van der Waals surface area (Å²) in [5.41, 5.74) is 4.43. The van der Waals surface area contributed by atoms with Crippen LogP contribution in [-0.4, -0.2) is 27.6 Å². The van der Waals surface area contributed by atoms with Gasteiger partial charge in [0.15, 0.2) is 5.82 Å². The highest BCUT2D eigenvalue weighted by molar-refractivity contribution is 6.01. The summed E-state index contributed by atoms with van der Waals surface area (Å²) in [5, 5.41) is 4.91. The van der Waals surface area contributed by atoms with Crippen molar-refractivity contribution >= 4 is 11.7 Å². The number of fused-ring (bicyclic) bond motifs is 1. The van der Waals surface area contributed by atoms with Crippen molar-refractivity contribution in [3.63, 3.8) is 0 Å². The molecular weight excluding hydrogens is 356 g/mol. The van der Waals surface area contributed by atoms with Crippen molar-refractivity contribution in [3.05, 3.63) is 102 Å². The van der Waals surface area contributed by atoms with Crippen molar-refractivity contribution < 1.29 is 0 Å². The Morgan fingerprint density at radius 3 is 2.34 bits per heavy atom. The first-order valence-corrected chi connectivity index (χ1v) is 10.1. The van der Waals surface area contributed by atoms with Gasteiger partial charge in [-0.15, -0.1) is 0 Å². The number of allylic oxidation sites excluding steroid dienone is 3. The largest absolute Gasteiger partial charge is 0.351 e. The fraction of sp³-hybridized carbons (Fsp3) is 0.200. The maximum atomic E-state index is 5.14. The number of hydrogen-bond acceptors (Lipinski definition) is 3. The highest BCUT2D eigenvalue weighted by Gasteiger charge is 2.37. The Morgan fingerprint density at radius 1 is 0.931 bits per heavy atom. The van der Waals surface area contributed by atoms with Gasteiger partial charge in [0.25, 0.3) is 0 Å². The molecule has 1 aromatic heterocycles. The molecule has 2 aromatic carbocycles. The second kappa shape index (κ2) is 7.21. The number of aromatic nitrogens is 2. The molecular formula is C25H24N4. The highest BCUT2D eigenvalue weighted by Crippen LogP contribution is 2.44. The zero-order valence-corrected chi connectivity index (χ0v) is 16.7. The molecule has 2 atom stereocenters. The highest BCUT2D eigenvalue weighted by atomic mass is 15.4. The average Bonchev–Trinajstić information content (AvgIpc) is 3.11. The third-order valence-corrected chi connectivity index (χ3v) is 5.79. The van der Waals surface area contributed by atoms with E-state index in [2.05, 4.69) is 79.6 Å². The van der Waals surface area contributed by atoms with Crippen molar-refractivity contribution in [3.8, 4) is 5.69 Å². The molecule has 5 rings (SSSR count). The van der Waals surface area contributed by atoms with E-state index in [1.165, 1.54) is 5.56 Å². The van der Waals surface area contributed by atoms with Crippen molar-refractivity contribution in [1.82, 2.24) is 14.7 Å². The van der Waals surface area contributed by atoms with E-state index >= 15 is 0 Å². The molecule has 0 bridgehead atoms. The number of hydrogen-bond donors (Lipinski definition) is 0. The van der Waals surface area contributed by atoms with Crippen LogP contribution >= 0.6 is 0 Å². The molecule has 0 radical (unpaired) electrons. The predicted octanol–water partition coefficient (Wildman–Crippen LogP) is 5.38. The van der Waals surface area contributed by atoms with E-state index in [4.69, 9.17) is 10.1 Å². The second-order valence-electron chi connectivity index (χ2n) is 7.64. The van der Waals surface area contributed by atoms with Gasteiger partial charge in [-0.3, -0.25) is 0 Å². The maximum absolute atomic E-state index is 5.14. The maximum Gasteiger partial charge on any atom is 0.163 e. The normalized spacial score (nSPS) is 20.5. The Kier molecular flexibility index (Phi) is 4.39. The lowest BCUT2D eigenvalue weighted by atomic mass is 9.85. The molecule has 4 heteroatoms. The molecule has 144 valence electrons. The Labute approximate surface area is 171 Å². The second-order valence-corrected chi connectivity index (χ2v) is 7.64. The van der Waals surface area contributed by atoms with Gasteiger partial charge in [0.05, 0.1) is 17.4 Å². The van der Waals surface area contributed by atoms with Crippen molar-refractivity contribution in [2.75, 3.05) is 7.05 Å². The van der Waals surface area contributed by atoms with E-state index in [1.54, 1.807) is 0 Å². The first-order chi connectivity index (χ1) is 14.2. The summed E-state index contributed by atoms with van der Waals surface area (Å²) in [4.78, 5) is 7.47. The molecule has 3 aromatic rings. The molecule has 0 saturated heterocycles. The lowest BCUT2D eigenvalue weighted by Gasteiger charge is -2.38. The van der Waals surface area contributed by atoms with Crippen LogP contribution in [0.25, 0.3) is 5.69 Å². The van der Waals surface area contributed by atoms with Crippen LogP contribution in [0, 0.1) is 12.8 Å². The molecule has 0 N–H and O–H groups in total. The molecule has 2 aliphatic rings. The van der Waals surface area contributed by atoms with Gasteiger partial charge in [-0.05, 0) is 25.5 Å². The molecule has 2 heterocycles. The number of amidine groups is 1. The van der Waals surface area contributed by atoms with Crippen LogP contribution in [0.5, 0.6) is 0 Å². The third-order valence-electron chi connectivity index (χ3n) is 5.79. The number of nitrogens with zero attached hydrogens (tertiary/aromatic N) is 4. The smallest absolute Gasteiger partial charge is 0.163 e. The monoisotopic (exact) mass is 380 g/mol. The molecule has 1 aliphatic heterocycles. The zero-order valence-electron chi connectivity index (χ0n) is 16.7. The van der Waals surface area contributed by atoms with Crippen LogP contribution in [-0.2, 0) is 0 Å². The lowest BCUT2D eigenvalue weighted by molar-refractivity contribution is 0.294. The molecule has 4 nitrogen and oxygen atoms in total. The fourth-order valence-corrected chi connectivity index (χ4v) is 4.43. The van der Waals surface area contributed by atoms with Crippen LogP contribution in [0.2, 0.25) is 0 Å². The Morgan fingerprint density at radius 2 is 1.66 bits per heavy atom. The summed E-state index contributed by atoms with van der Waals surface area (Å²) < 4.78 is 2.00. The molecule has 0 saturated carbocycles. The Bertz CT molecular complexity index is 1110. The zero-order chi connectivity index (χ0) is 19.8. The summed E-state index contributed by atoms with van der Waals surface area (Å²) in [7, 11) is 2.16. The van der Waals surface area contributed by atoms with Gasteiger partial charge in [0.1, 0.15) is 5.84 Å². The fourth-order valence-electron chi connectivity index (χ4n) is 4.43. The van der Waals surface area contributed by atoms with Crippen LogP contribution in [0.4, 0.5) is 5.82 Å². The van der Waals surface area contributed by atoms with Gasteiger partial charge in [0.2, 0.25) is 0 Å². The molecule has 29 heavy (non-hydrogen) atoms. The van der Waals surface area contributed by atoms with E-state index in [-0.39, 0.29) is 6.04 Å². The SMILES string of the molecule is Cc1nn(-c2ccccc2)c2c1C(C1C=CC=CC1)N(C)C(c1ccccc1)=N2. The topological polar surface area (TPSA) is 33.4 Å². The number of rotatable bonds is 3. The van der Waals surface area contributed by atoms with Crippen molar-refractivity contribution in [2.45, 2.75) is 19.4 Å². The van der Waals surface area contributed by atoms with E-state index in [9.17, 15) is 0 Å². The van der Waals surface area contributed by atoms with Crippen LogP contribution in [0.3, 0.4) is 0 Å². The molecule has 0 fully saturated rings. The number of aliphatic imine (C=N–C) groups is 1. The molecule has 0 amide bonds. The minimum atomic E-state index is 0.191. The standard InChI is InChI=1S/C25H24N4/c1-18-22-23(19-12-6-3-7-13-19)28(2)24(20-14-8-4-9-15-20)26-25(22)29(27-18)21-16-10-5-11-17-21/h3-12,14-17,19,23H,13H2,1-2H3. The lowest BCUT2D eigenvalue weighted by Crippen LogP contribution is -2.38. The third kappa shape index (κ3) is 3.01. The van der Waals surface area contributed by atoms with Gasteiger partial charge >= 0.3 is 0 Å². The molecule has 1 aliphatic carbocycles. The number of para-hydroxylation sites is 1. The number of aryl methyl sites for hydroxylation is 1. The van der Waals surface area contributed by atoms with Gasteiger partial charge in [-0.1, -0.05) is 72.8 Å². The van der Waals surface area contributed by atoms with Crippen molar-refractivity contribution in [1.29, 1.82) is 0 Å². The Balaban J connectivity index is 1.73. The van der Waals surface area contributed by atoms with Gasteiger partial charge in [-0.25, -0.2) is 9.67 Å². The minimum Gasteiger partial charge on any atom is -0.351 e. The van der Waals surface area contributed by atoms with Crippen LogP contribution in [0.1, 0.15) is 29.3 Å². The van der Waals surface area contributed by atoms with Crippen LogP contribution in [0.15, 0.2) is 90.0 Å². The minimum absolute atomic E-state index is 0.191. The van der Waals surface area contributed by atoms with E-state index in [0.717, 1.165) is 35.0 Å². The summed E-state index contributed by atoms with van der Waals surface area (Å²) in [6, 6.07) is 20.9. The van der Waals surface area contributed by atoms with Crippen molar-refractivity contribution in [2.24, 2.45) is 10.9 Å². The molecule has 0 spiro atoms. The van der Waals surface area contributed by atoms with Gasteiger partial charge < -0.3 is 4.90 Å². The Hall–Kier alpha value is -3.40. The van der Waals surface area contributed by atoms with E-state index < -0.39 is 0 Å².